The first-order valence-electron chi connectivity index (χ1n) is 9.66. The van der Waals surface area contributed by atoms with Crippen molar-refractivity contribution in [2.45, 2.75) is 6.61 Å². The van der Waals surface area contributed by atoms with E-state index in [2.05, 4.69) is 16.8 Å². The van der Waals surface area contributed by atoms with Crippen LogP contribution >= 0.6 is 0 Å². The number of benzene rings is 3. The average molecular weight is 395 g/mol. The lowest BCUT2D eigenvalue weighted by atomic mass is 10.1. The second kappa shape index (κ2) is 9.01. The van der Waals surface area contributed by atoms with Crippen molar-refractivity contribution < 1.29 is 9.53 Å². The maximum Gasteiger partial charge on any atom is 0.279 e. The first kappa shape index (κ1) is 19.3. The van der Waals surface area contributed by atoms with Gasteiger partial charge < -0.3 is 9.64 Å². The molecule has 5 heteroatoms. The summed E-state index contributed by atoms with van der Waals surface area (Å²) < 4.78 is 5.85. The van der Waals surface area contributed by atoms with Crippen molar-refractivity contribution in [3.63, 3.8) is 0 Å². The van der Waals surface area contributed by atoms with Gasteiger partial charge in [-0.05, 0) is 29.3 Å². The lowest BCUT2D eigenvalue weighted by Gasteiger charge is -2.13. The molecule has 1 heterocycles. The van der Waals surface area contributed by atoms with Crippen molar-refractivity contribution in [1.82, 2.24) is 0 Å². The van der Waals surface area contributed by atoms with Crippen LogP contribution in [0, 0.1) is 0 Å². The second-order valence-electron chi connectivity index (χ2n) is 6.76. The predicted molar refractivity (Wildman–Crippen MR) is 120 cm³/mol. The smallest absolute Gasteiger partial charge is 0.279 e. The van der Waals surface area contributed by atoms with Gasteiger partial charge in [0, 0.05) is 12.1 Å². The number of nitrogens with zero attached hydrogens (tertiary/aromatic N) is 3. The summed E-state index contributed by atoms with van der Waals surface area (Å²) in [5.74, 6) is 0.572. The number of hydrogen-bond donors (Lipinski definition) is 0. The average Bonchev–Trinajstić information content (AvgIpc) is 3.05. The second-order valence-corrected chi connectivity index (χ2v) is 6.76. The van der Waals surface area contributed by atoms with Crippen LogP contribution in [-0.2, 0) is 11.4 Å². The van der Waals surface area contributed by atoms with Crippen molar-refractivity contribution >= 4 is 23.5 Å². The third-order valence-electron chi connectivity index (χ3n) is 4.68. The normalized spacial score (nSPS) is 14.3. The summed E-state index contributed by atoms with van der Waals surface area (Å²) in [4.78, 5) is 14.4. The van der Waals surface area contributed by atoms with E-state index in [1.165, 1.54) is 0 Å². The number of ether oxygens (including phenoxy) is 1. The van der Waals surface area contributed by atoms with Gasteiger partial charge in [-0.25, -0.2) is 0 Å². The summed E-state index contributed by atoms with van der Waals surface area (Å²) >= 11 is 0. The number of para-hydroxylation sites is 1. The Morgan fingerprint density at radius 2 is 1.77 bits per heavy atom. The molecule has 0 N–H and O–H groups in total. The zero-order chi connectivity index (χ0) is 20.8. The van der Waals surface area contributed by atoms with Gasteiger partial charge in [-0.2, -0.15) is 5.10 Å². The zero-order valence-electron chi connectivity index (χ0n) is 16.4. The maximum atomic E-state index is 12.7. The molecule has 0 radical (unpaired) electrons. The Bertz CT molecular complexity index is 1120. The van der Waals surface area contributed by atoms with Crippen LogP contribution in [0.25, 0.3) is 0 Å². The Hall–Kier alpha value is -3.99. The van der Waals surface area contributed by atoms with Crippen molar-refractivity contribution in [2.24, 2.45) is 10.2 Å². The Morgan fingerprint density at radius 1 is 0.967 bits per heavy atom. The van der Waals surface area contributed by atoms with Crippen LogP contribution < -0.4 is 9.64 Å². The fourth-order valence-electron chi connectivity index (χ4n) is 3.25. The Labute approximate surface area is 175 Å². The molecule has 5 nitrogen and oxygen atoms in total. The molecule has 3 aromatic rings. The van der Waals surface area contributed by atoms with E-state index in [0.717, 1.165) is 28.1 Å². The molecule has 3 aromatic carbocycles. The van der Waals surface area contributed by atoms with E-state index in [1.54, 1.807) is 17.2 Å². The highest BCUT2D eigenvalue weighted by atomic mass is 16.5. The summed E-state index contributed by atoms with van der Waals surface area (Å²) in [5.41, 5.74) is 3.88. The highest BCUT2D eigenvalue weighted by molar-refractivity contribution is 6.54. The third-order valence-corrected chi connectivity index (χ3v) is 4.68. The fourth-order valence-corrected chi connectivity index (χ4v) is 3.25. The number of carbonyl (C=O) groups is 1. The molecule has 148 valence electrons. The highest BCUT2D eigenvalue weighted by Gasteiger charge is 2.32. The summed E-state index contributed by atoms with van der Waals surface area (Å²) in [6.45, 7) is 4.65. The lowest BCUT2D eigenvalue weighted by Crippen LogP contribution is -2.30. The van der Waals surface area contributed by atoms with E-state index in [0.29, 0.717) is 18.9 Å². The van der Waals surface area contributed by atoms with Gasteiger partial charge >= 0.3 is 0 Å². The van der Waals surface area contributed by atoms with Crippen LogP contribution in [0.5, 0.6) is 5.75 Å². The fraction of sp³-hybridized carbons (Fsp3) is 0.0800. The van der Waals surface area contributed by atoms with E-state index in [9.17, 15) is 4.79 Å². The molecule has 0 unspecified atom stereocenters. The van der Waals surface area contributed by atoms with Gasteiger partial charge in [0.1, 0.15) is 12.4 Å². The first-order chi connectivity index (χ1) is 14.8. The lowest BCUT2D eigenvalue weighted by molar-refractivity contribution is -0.112. The summed E-state index contributed by atoms with van der Waals surface area (Å²) in [7, 11) is 0. The maximum absolute atomic E-state index is 12.7. The molecule has 30 heavy (non-hydrogen) atoms. The van der Waals surface area contributed by atoms with Crippen LogP contribution in [0.4, 0.5) is 5.69 Å². The molecular formula is C25H21N3O2. The molecule has 0 aliphatic carbocycles. The van der Waals surface area contributed by atoms with Gasteiger partial charge in [0.15, 0.2) is 5.71 Å². The number of amides is 1. The Morgan fingerprint density at radius 3 is 2.60 bits per heavy atom. The molecule has 1 aliphatic rings. The first-order valence-corrected chi connectivity index (χ1v) is 9.66. The van der Waals surface area contributed by atoms with Crippen LogP contribution in [0.3, 0.4) is 0 Å². The molecule has 0 saturated carbocycles. The van der Waals surface area contributed by atoms with Crippen LogP contribution in [0.1, 0.15) is 16.7 Å². The quantitative estimate of drug-likeness (QED) is 0.333. The van der Waals surface area contributed by atoms with Gasteiger partial charge in [-0.3, -0.25) is 4.79 Å². The SMILES string of the molecule is C=CCN1C(=O)/C(=N/N=C\c2cccc(OCc3ccccc3)c2)c2ccccc21. The number of carbonyl (C=O) groups excluding carboxylic acids is 1. The zero-order valence-corrected chi connectivity index (χ0v) is 16.4. The van der Waals surface area contributed by atoms with Crippen molar-refractivity contribution in [3.05, 3.63) is 108 Å². The topological polar surface area (TPSA) is 54.3 Å². The van der Waals surface area contributed by atoms with Gasteiger partial charge in [0.2, 0.25) is 0 Å². The van der Waals surface area contributed by atoms with Crippen LogP contribution in [0.2, 0.25) is 0 Å². The molecule has 0 aromatic heterocycles. The predicted octanol–water partition coefficient (Wildman–Crippen LogP) is 4.62. The molecule has 0 atom stereocenters. The molecule has 0 spiro atoms. The molecule has 4 rings (SSSR count). The number of anilines is 1. The Balaban J connectivity index is 1.49. The third kappa shape index (κ3) is 4.20. The van der Waals surface area contributed by atoms with E-state index in [1.807, 2.05) is 78.9 Å². The van der Waals surface area contributed by atoms with E-state index in [4.69, 9.17) is 4.74 Å². The van der Waals surface area contributed by atoms with Gasteiger partial charge in [-0.15, -0.1) is 11.7 Å². The molecule has 1 aliphatic heterocycles. The summed E-state index contributed by atoms with van der Waals surface area (Å²) in [5, 5.41) is 8.38. The Kier molecular flexibility index (Phi) is 5.80. The largest absolute Gasteiger partial charge is 0.489 e. The van der Waals surface area contributed by atoms with Gasteiger partial charge in [0.05, 0.1) is 11.9 Å². The van der Waals surface area contributed by atoms with E-state index >= 15 is 0 Å². The number of fused-ring (bicyclic) bond motifs is 1. The number of hydrogen-bond acceptors (Lipinski definition) is 4. The van der Waals surface area contributed by atoms with Crippen molar-refractivity contribution in [1.29, 1.82) is 0 Å². The minimum absolute atomic E-state index is 0.173. The monoisotopic (exact) mass is 395 g/mol. The number of rotatable bonds is 7. The molecule has 0 saturated heterocycles. The molecular weight excluding hydrogens is 374 g/mol. The highest BCUT2D eigenvalue weighted by Crippen LogP contribution is 2.29. The standard InChI is InChI=1S/C25H21N3O2/c1-2-15-28-23-14-7-6-13-22(23)24(25(28)29)27-26-17-20-11-8-12-21(16-20)30-18-19-9-4-3-5-10-19/h2-14,16-17H,1,15,18H2/b26-17-,27-24+. The van der Waals surface area contributed by atoms with E-state index < -0.39 is 0 Å². The van der Waals surface area contributed by atoms with Gasteiger partial charge in [-0.1, -0.05) is 66.7 Å². The summed E-state index contributed by atoms with van der Waals surface area (Å²) in [6, 6.07) is 25.2. The summed E-state index contributed by atoms with van der Waals surface area (Å²) in [6.07, 6.45) is 3.32. The van der Waals surface area contributed by atoms with Crippen LogP contribution in [0.15, 0.2) is 102 Å². The van der Waals surface area contributed by atoms with E-state index in [-0.39, 0.29) is 5.91 Å². The minimum atomic E-state index is -0.173. The molecule has 0 bridgehead atoms. The van der Waals surface area contributed by atoms with Crippen LogP contribution in [-0.4, -0.2) is 24.4 Å². The van der Waals surface area contributed by atoms with Crippen molar-refractivity contribution in [2.75, 3.05) is 11.4 Å². The van der Waals surface area contributed by atoms with Gasteiger partial charge in [0.25, 0.3) is 5.91 Å². The minimum Gasteiger partial charge on any atom is -0.489 e. The van der Waals surface area contributed by atoms with Crippen molar-refractivity contribution in [3.8, 4) is 5.75 Å². The molecule has 1 amide bonds. The molecule has 0 fully saturated rings.